The molecule has 23 heavy (non-hydrogen) atoms. The van der Waals surface area contributed by atoms with Gasteiger partial charge >= 0.3 is 5.97 Å². The lowest BCUT2D eigenvalue weighted by Crippen LogP contribution is -2.32. The van der Waals surface area contributed by atoms with Crippen LogP contribution in [0.1, 0.15) is 19.3 Å². The molecule has 2 N–H and O–H groups in total. The average Bonchev–Trinajstić information content (AvgIpc) is 2.83. The monoisotopic (exact) mass is 359 g/mol. The normalized spacial score (nSPS) is 16.1. The van der Waals surface area contributed by atoms with Gasteiger partial charge in [-0.15, -0.1) is 23.2 Å². The third-order valence-electron chi connectivity index (χ3n) is 4.09. The van der Waals surface area contributed by atoms with Gasteiger partial charge in [-0.2, -0.15) is 0 Å². The highest BCUT2D eigenvalue weighted by Gasteiger charge is 2.26. The Bertz CT molecular complexity index is 536. The molecule has 7 heteroatoms. The summed E-state index contributed by atoms with van der Waals surface area (Å²) in [5, 5.41) is 12.2. The van der Waals surface area contributed by atoms with Crippen molar-refractivity contribution in [2.24, 2.45) is 0 Å². The van der Waals surface area contributed by atoms with Gasteiger partial charge in [-0.25, -0.2) is 0 Å². The molecule has 0 fully saturated rings. The van der Waals surface area contributed by atoms with E-state index in [4.69, 9.17) is 28.3 Å². The molecule has 0 bridgehead atoms. The average molecular weight is 360 g/mol. The minimum atomic E-state index is -0.747. The van der Waals surface area contributed by atoms with E-state index in [1.165, 1.54) is 0 Å². The lowest BCUT2D eigenvalue weighted by molar-refractivity contribution is -0.137. The zero-order valence-electron chi connectivity index (χ0n) is 13.3. The molecule has 2 rings (SSSR count). The predicted molar refractivity (Wildman–Crippen MR) is 97.4 cm³/mol. The van der Waals surface area contributed by atoms with E-state index in [0.717, 1.165) is 36.6 Å². The van der Waals surface area contributed by atoms with Crippen molar-refractivity contribution in [2.45, 2.75) is 25.4 Å². The molecule has 0 amide bonds. The Morgan fingerprint density at radius 3 is 2.65 bits per heavy atom. The molecule has 1 aromatic rings. The highest BCUT2D eigenvalue weighted by molar-refractivity contribution is 6.18. The van der Waals surface area contributed by atoms with E-state index in [9.17, 15) is 4.79 Å². The second-order valence-electron chi connectivity index (χ2n) is 5.62. The Morgan fingerprint density at radius 2 is 2.04 bits per heavy atom. The van der Waals surface area contributed by atoms with Gasteiger partial charge in [0.2, 0.25) is 0 Å². The molecule has 0 spiro atoms. The first kappa shape index (κ1) is 18.0. The third-order valence-corrected chi connectivity index (χ3v) is 4.43. The van der Waals surface area contributed by atoms with Crippen molar-refractivity contribution >= 4 is 46.2 Å². The minimum Gasteiger partial charge on any atom is -0.481 e. The maximum atomic E-state index is 10.7. The van der Waals surface area contributed by atoms with E-state index in [1.807, 2.05) is 7.05 Å². The number of aliphatic carboxylic acids is 1. The van der Waals surface area contributed by atoms with Crippen LogP contribution >= 0.6 is 23.2 Å². The summed E-state index contributed by atoms with van der Waals surface area (Å²) in [5.74, 6) is 0.362. The maximum absolute atomic E-state index is 10.7. The molecule has 0 radical (unpaired) electrons. The first-order valence-electron chi connectivity index (χ1n) is 7.79. The van der Waals surface area contributed by atoms with E-state index < -0.39 is 5.97 Å². The second kappa shape index (κ2) is 8.50. The summed E-state index contributed by atoms with van der Waals surface area (Å²) in [6, 6.07) is 6.28. The van der Waals surface area contributed by atoms with Crippen LogP contribution in [0.15, 0.2) is 18.2 Å². The van der Waals surface area contributed by atoms with E-state index in [0.29, 0.717) is 18.2 Å². The number of rotatable bonds is 9. The Kier molecular flexibility index (Phi) is 6.66. The van der Waals surface area contributed by atoms with E-state index in [1.54, 1.807) is 0 Å². The number of carboxylic acid groups (broad SMARTS) is 1. The number of fused-ring (bicyclic) bond motifs is 1. The maximum Gasteiger partial charge on any atom is 0.303 e. The molecule has 1 aliphatic heterocycles. The smallest absolute Gasteiger partial charge is 0.303 e. The molecular formula is C16H23Cl2N3O2. The molecule has 0 saturated heterocycles. The van der Waals surface area contributed by atoms with E-state index in [-0.39, 0.29) is 12.6 Å². The molecule has 0 aliphatic carbocycles. The topological polar surface area (TPSA) is 55.8 Å². The van der Waals surface area contributed by atoms with Gasteiger partial charge in [0.15, 0.2) is 0 Å². The number of carbonyl (C=O) groups is 1. The summed E-state index contributed by atoms with van der Waals surface area (Å²) in [5.41, 5.74) is 3.29. The van der Waals surface area contributed by atoms with Crippen molar-refractivity contribution in [3.63, 3.8) is 0 Å². The molecule has 128 valence electrons. The predicted octanol–water partition coefficient (Wildman–Crippen LogP) is 3.41. The first-order valence-corrected chi connectivity index (χ1v) is 8.85. The Morgan fingerprint density at radius 1 is 1.35 bits per heavy atom. The SMILES string of the molecule is CN1c2ccc(N(CCCl)CCCl)cc2NC1CCCC(=O)O. The fourth-order valence-electron chi connectivity index (χ4n) is 2.87. The molecule has 1 heterocycles. The van der Waals surface area contributed by atoms with Gasteiger partial charge in [-0.3, -0.25) is 4.79 Å². The second-order valence-corrected chi connectivity index (χ2v) is 6.38. The molecule has 1 atom stereocenters. The summed E-state index contributed by atoms with van der Waals surface area (Å²) in [7, 11) is 2.03. The fraction of sp³-hybridized carbons (Fsp3) is 0.562. The van der Waals surface area contributed by atoms with Crippen LogP contribution in [0.5, 0.6) is 0 Å². The number of hydrogen-bond donors (Lipinski definition) is 2. The van der Waals surface area contributed by atoms with Gasteiger partial charge in [0.1, 0.15) is 0 Å². The fourth-order valence-corrected chi connectivity index (χ4v) is 3.28. The Balaban J connectivity index is 2.06. The molecule has 0 saturated carbocycles. The highest BCUT2D eigenvalue weighted by atomic mass is 35.5. The van der Waals surface area contributed by atoms with E-state index >= 15 is 0 Å². The van der Waals surface area contributed by atoms with Crippen LogP contribution in [0.25, 0.3) is 0 Å². The third kappa shape index (κ3) is 4.58. The molecule has 0 aromatic heterocycles. The number of nitrogens with zero attached hydrogens (tertiary/aromatic N) is 2. The van der Waals surface area contributed by atoms with Crippen molar-refractivity contribution in [3.8, 4) is 0 Å². The van der Waals surface area contributed by atoms with Gasteiger partial charge in [-0.1, -0.05) is 0 Å². The summed E-state index contributed by atoms with van der Waals surface area (Å²) < 4.78 is 0. The van der Waals surface area contributed by atoms with Crippen molar-refractivity contribution in [3.05, 3.63) is 18.2 Å². The Hall–Kier alpha value is -1.33. The number of alkyl halides is 2. The van der Waals surface area contributed by atoms with Crippen LogP contribution in [0.4, 0.5) is 17.1 Å². The number of nitrogens with one attached hydrogen (secondary N) is 1. The van der Waals surface area contributed by atoms with Crippen LogP contribution in [0.3, 0.4) is 0 Å². The van der Waals surface area contributed by atoms with Gasteiger partial charge < -0.3 is 20.2 Å². The van der Waals surface area contributed by atoms with Gasteiger partial charge in [-0.05, 0) is 31.0 Å². The number of anilines is 3. The number of hydrogen-bond acceptors (Lipinski definition) is 4. The number of halogens is 2. The van der Waals surface area contributed by atoms with Crippen LogP contribution in [-0.2, 0) is 4.79 Å². The van der Waals surface area contributed by atoms with E-state index in [2.05, 4.69) is 33.3 Å². The zero-order chi connectivity index (χ0) is 16.8. The summed E-state index contributed by atoms with van der Waals surface area (Å²) >= 11 is 11.7. The highest BCUT2D eigenvalue weighted by Crippen LogP contribution is 2.37. The van der Waals surface area contributed by atoms with Crippen molar-refractivity contribution < 1.29 is 9.90 Å². The standard InChI is InChI=1S/C16H23Cl2N3O2/c1-20-14-6-5-12(21(9-7-17)10-8-18)11-13(14)19-15(20)3-2-4-16(22)23/h5-6,11,15,19H,2-4,7-10H2,1H3,(H,22,23). The van der Waals surface area contributed by atoms with Crippen molar-refractivity contribution in [2.75, 3.05) is 47.0 Å². The summed E-state index contributed by atoms with van der Waals surface area (Å²) in [4.78, 5) is 15.0. The Labute approximate surface area is 147 Å². The minimum absolute atomic E-state index is 0.133. The molecule has 1 aromatic carbocycles. The van der Waals surface area contributed by atoms with Crippen LogP contribution in [-0.4, -0.2) is 49.1 Å². The number of carboxylic acids is 1. The first-order chi connectivity index (χ1) is 11.1. The number of benzene rings is 1. The summed E-state index contributed by atoms with van der Waals surface area (Å²) in [6.45, 7) is 1.51. The molecular weight excluding hydrogens is 337 g/mol. The van der Waals surface area contributed by atoms with Crippen LogP contribution < -0.4 is 15.1 Å². The van der Waals surface area contributed by atoms with Gasteiger partial charge in [0, 0.05) is 44.0 Å². The lowest BCUT2D eigenvalue weighted by atomic mass is 10.2. The van der Waals surface area contributed by atoms with Gasteiger partial charge in [0.05, 0.1) is 17.5 Å². The molecule has 1 unspecified atom stereocenters. The van der Waals surface area contributed by atoms with Gasteiger partial charge in [0.25, 0.3) is 0 Å². The van der Waals surface area contributed by atoms with Crippen LogP contribution in [0, 0.1) is 0 Å². The summed E-state index contributed by atoms with van der Waals surface area (Å²) in [6.07, 6.45) is 1.78. The van der Waals surface area contributed by atoms with Crippen molar-refractivity contribution in [1.29, 1.82) is 0 Å². The molecule has 1 aliphatic rings. The molecule has 5 nitrogen and oxygen atoms in total. The largest absolute Gasteiger partial charge is 0.481 e. The lowest BCUT2D eigenvalue weighted by Gasteiger charge is -2.23. The van der Waals surface area contributed by atoms with Crippen molar-refractivity contribution in [1.82, 2.24) is 0 Å². The van der Waals surface area contributed by atoms with Crippen LogP contribution in [0.2, 0.25) is 0 Å². The zero-order valence-corrected chi connectivity index (χ0v) is 14.8. The quantitative estimate of drug-likeness (QED) is 0.661.